The summed E-state index contributed by atoms with van der Waals surface area (Å²) < 4.78 is 12.6. The standard InChI is InChI=1S/C34H30O9/c1-16(2)3-8-22-25(38)13-27(40)32-28(41)15-29(43-34(22)32)23-12-24-30(14-26(23)39)42-33(17-4-6-19(35)7-5-17)31(24)18-9-20(36)11-21(37)10-18/h3-7,9-14,29,31,33,35-40H,8,15H2,1-2H3/t29-,31-,33+/m0/s1. The Morgan fingerprint density at radius 2 is 1.47 bits per heavy atom. The molecule has 0 saturated carbocycles. The van der Waals surface area contributed by atoms with Gasteiger partial charge in [-0.25, -0.2) is 0 Å². The minimum absolute atomic E-state index is 0.0179. The van der Waals surface area contributed by atoms with Crippen LogP contribution in [0.4, 0.5) is 0 Å². The number of fused-ring (bicyclic) bond motifs is 2. The lowest BCUT2D eigenvalue weighted by molar-refractivity contribution is 0.0839. The normalized spacial score (nSPS) is 18.7. The van der Waals surface area contributed by atoms with Crippen molar-refractivity contribution in [1.82, 2.24) is 0 Å². The van der Waals surface area contributed by atoms with E-state index in [0.29, 0.717) is 28.0 Å². The van der Waals surface area contributed by atoms with Gasteiger partial charge in [-0.3, -0.25) is 4.79 Å². The third kappa shape index (κ3) is 5.03. The first-order valence-electron chi connectivity index (χ1n) is 13.8. The van der Waals surface area contributed by atoms with Crippen molar-refractivity contribution in [2.75, 3.05) is 0 Å². The topological polar surface area (TPSA) is 157 Å². The van der Waals surface area contributed by atoms with E-state index in [2.05, 4.69) is 0 Å². The van der Waals surface area contributed by atoms with E-state index in [0.717, 1.165) is 11.6 Å². The third-order valence-corrected chi connectivity index (χ3v) is 7.87. The van der Waals surface area contributed by atoms with Gasteiger partial charge in [-0.05, 0) is 61.7 Å². The first kappa shape index (κ1) is 27.8. The van der Waals surface area contributed by atoms with Gasteiger partial charge in [-0.15, -0.1) is 0 Å². The number of aromatic hydroxyl groups is 6. The van der Waals surface area contributed by atoms with Crippen molar-refractivity contribution in [3.05, 3.63) is 106 Å². The molecule has 0 saturated heterocycles. The lowest BCUT2D eigenvalue weighted by atomic mass is 9.83. The van der Waals surface area contributed by atoms with Crippen LogP contribution in [0.15, 0.2) is 72.3 Å². The van der Waals surface area contributed by atoms with Gasteiger partial charge in [-0.1, -0.05) is 23.8 Å². The van der Waals surface area contributed by atoms with E-state index < -0.39 is 23.9 Å². The molecule has 6 N–H and O–H groups in total. The van der Waals surface area contributed by atoms with E-state index in [1.165, 1.54) is 36.4 Å². The van der Waals surface area contributed by atoms with Crippen LogP contribution in [-0.4, -0.2) is 36.4 Å². The lowest BCUT2D eigenvalue weighted by Crippen LogP contribution is -2.22. The lowest BCUT2D eigenvalue weighted by Gasteiger charge is -2.29. The fraction of sp³-hybridized carbons (Fsp3) is 0.206. The first-order valence-corrected chi connectivity index (χ1v) is 13.8. The van der Waals surface area contributed by atoms with E-state index >= 15 is 0 Å². The predicted octanol–water partition coefficient (Wildman–Crippen LogP) is 6.40. The third-order valence-electron chi connectivity index (χ3n) is 7.87. The number of rotatable bonds is 5. The molecule has 9 heteroatoms. The number of Topliss-reactive ketones (excluding diaryl/α,β-unsaturated/α-hetero) is 1. The summed E-state index contributed by atoms with van der Waals surface area (Å²) in [7, 11) is 0. The van der Waals surface area contributed by atoms with Crippen molar-refractivity contribution in [2.45, 2.75) is 44.8 Å². The number of carbonyl (C=O) groups is 1. The van der Waals surface area contributed by atoms with Crippen molar-refractivity contribution in [1.29, 1.82) is 0 Å². The molecule has 0 radical (unpaired) electrons. The average molecular weight is 583 g/mol. The van der Waals surface area contributed by atoms with Crippen LogP contribution in [0.5, 0.6) is 46.0 Å². The maximum absolute atomic E-state index is 13.3. The van der Waals surface area contributed by atoms with Crippen LogP contribution in [-0.2, 0) is 6.42 Å². The highest BCUT2D eigenvalue weighted by atomic mass is 16.5. The van der Waals surface area contributed by atoms with Gasteiger partial charge in [0.1, 0.15) is 63.8 Å². The highest BCUT2D eigenvalue weighted by Gasteiger charge is 2.40. The van der Waals surface area contributed by atoms with E-state index in [-0.39, 0.29) is 64.2 Å². The molecular formula is C34H30O9. The summed E-state index contributed by atoms with van der Waals surface area (Å²) in [6.07, 6.45) is 0.346. The van der Waals surface area contributed by atoms with Crippen LogP contribution >= 0.6 is 0 Å². The molecule has 43 heavy (non-hydrogen) atoms. The molecule has 0 amide bonds. The Labute approximate surface area is 247 Å². The Morgan fingerprint density at radius 1 is 0.767 bits per heavy atom. The molecule has 220 valence electrons. The van der Waals surface area contributed by atoms with Crippen LogP contribution in [0, 0.1) is 0 Å². The number of hydrogen-bond acceptors (Lipinski definition) is 9. The van der Waals surface area contributed by atoms with Crippen molar-refractivity contribution in [3.63, 3.8) is 0 Å². The number of ketones is 1. The molecule has 4 aromatic rings. The largest absolute Gasteiger partial charge is 0.508 e. The Balaban J connectivity index is 1.46. The van der Waals surface area contributed by atoms with Gasteiger partial charge in [0.2, 0.25) is 0 Å². The molecule has 0 aliphatic carbocycles. The minimum Gasteiger partial charge on any atom is -0.508 e. The molecule has 2 aliphatic heterocycles. The number of phenolic OH excluding ortho intramolecular Hbond substituents is 6. The van der Waals surface area contributed by atoms with E-state index in [1.807, 2.05) is 19.9 Å². The van der Waals surface area contributed by atoms with E-state index in [4.69, 9.17) is 9.47 Å². The van der Waals surface area contributed by atoms with Gasteiger partial charge >= 0.3 is 0 Å². The molecule has 2 heterocycles. The number of carbonyl (C=O) groups excluding carboxylic acids is 1. The SMILES string of the molecule is CC(C)=CCc1c(O)cc(O)c2c1O[C@H](c1cc3c(cc1O)O[C@H](c1ccc(O)cc1)[C@H]3c1cc(O)cc(O)c1)CC2=O. The maximum atomic E-state index is 13.3. The summed E-state index contributed by atoms with van der Waals surface area (Å²) in [5.41, 5.74) is 3.46. The zero-order valence-electron chi connectivity index (χ0n) is 23.4. The zero-order chi connectivity index (χ0) is 30.6. The van der Waals surface area contributed by atoms with Crippen LogP contribution in [0.3, 0.4) is 0 Å². The van der Waals surface area contributed by atoms with Gasteiger partial charge in [-0.2, -0.15) is 0 Å². The first-order chi connectivity index (χ1) is 20.5. The molecule has 4 aromatic carbocycles. The maximum Gasteiger partial charge on any atom is 0.174 e. The summed E-state index contributed by atoms with van der Waals surface area (Å²) in [6.45, 7) is 3.80. The smallest absolute Gasteiger partial charge is 0.174 e. The van der Waals surface area contributed by atoms with Crippen molar-refractivity contribution >= 4 is 5.78 Å². The summed E-state index contributed by atoms with van der Waals surface area (Å²) in [4.78, 5) is 13.3. The summed E-state index contributed by atoms with van der Waals surface area (Å²) >= 11 is 0. The molecule has 9 nitrogen and oxygen atoms in total. The molecule has 0 fully saturated rings. The molecule has 0 bridgehead atoms. The van der Waals surface area contributed by atoms with E-state index in [1.54, 1.807) is 18.2 Å². The highest BCUT2D eigenvalue weighted by Crippen LogP contribution is 2.54. The summed E-state index contributed by atoms with van der Waals surface area (Å²) in [6, 6.07) is 15.0. The van der Waals surface area contributed by atoms with Crippen LogP contribution in [0.2, 0.25) is 0 Å². The molecule has 2 aliphatic rings. The number of benzene rings is 4. The Hall–Kier alpha value is -5.31. The second-order valence-corrected chi connectivity index (χ2v) is 11.2. The van der Waals surface area contributed by atoms with Gasteiger partial charge in [0, 0.05) is 34.9 Å². The monoisotopic (exact) mass is 582 g/mol. The number of phenols is 6. The van der Waals surface area contributed by atoms with Crippen molar-refractivity contribution in [2.24, 2.45) is 0 Å². The Morgan fingerprint density at radius 3 is 2.14 bits per heavy atom. The number of hydrogen-bond donors (Lipinski definition) is 6. The van der Waals surface area contributed by atoms with Gasteiger partial charge in [0.25, 0.3) is 0 Å². The van der Waals surface area contributed by atoms with Crippen LogP contribution in [0.1, 0.15) is 76.6 Å². The molecule has 6 rings (SSSR count). The average Bonchev–Trinajstić information content (AvgIpc) is 3.29. The predicted molar refractivity (Wildman–Crippen MR) is 156 cm³/mol. The fourth-order valence-corrected chi connectivity index (χ4v) is 5.85. The Kier molecular flexibility index (Phi) is 6.80. The van der Waals surface area contributed by atoms with Gasteiger partial charge in [0.15, 0.2) is 5.78 Å². The molecule has 0 unspecified atom stereocenters. The number of ether oxygens (including phenoxy) is 2. The van der Waals surface area contributed by atoms with Crippen molar-refractivity contribution < 1.29 is 44.9 Å². The van der Waals surface area contributed by atoms with Gasteiger partial charge < -0.3 is 40.1 Å². The number of allylic oxidation sites excluding steroid dienone is 2. The van der Waals surface area contributed by atoms with Crippen molar-refractivity contribution in [3.8, 4) is 46.0 Å². The zero-order valence-corrected chi connectivity index (χ0v) is 23.4. The fourth-order valence-electron chi connectivity index (χ4n) is 5.85. The minimum atomic E-state index is -0.956. The van der Waals surface area contributed by atoms with Crippen LogP contribution in [0.25, 0.3) is 0 Å². The highest BCUT2D eigenvalue weighted by molar-refractivity contribution is 6.03. The molecule has 0 spiro atoms. The van der Waals surface area contributed by atoms with Gasteiger partial charge in [0.05, 0.1) is 12.3 Å². The quantitative estimate of drug-likeness (QED) is 0.147. The second-order valence-electron chi connectivity index (χ2n) is 11.2. The second kappa shape index (κ2) is 10.5. The molecule has 0 aromatic heterocycles. The summed E-state index contributed by atoms with van der Waals surface area (Å²) in [5.74, 6) is -1.55. The molecular weight excluding hydrogens is 552 g/mol. The van der Waals surface area contributed by atoms with Crippen LogP contribution < -0.4 is 9.47 Å². The molecule has 3 atom stereocenters. The Bertz CT molecular complexity index is 1770. The van der Waals surface area contributed by atoms with E-state index in [9.17, 15) is 35.4 Å². The summed E-state index contributed by atoms with van der Waals surface area (Å²) in [5, 5.41) is 62.7.